The average molecular weight is 181 g/mol. The van der Waals surface area contributed by atoms with Crippen LogP contribution in [0.15, 0.2) is 0 Å². The van der Waals surface area contributed by atoms with Gasteiger partial charge in [-0.25, -0.2) is 0 Å². The summed E-state index contributed by atoms with van der Waals surface area (Å²) in [5.41, 5.74) is 6.07. The maximum atomic E-state index is 6.07. The van der Waals surface area contributed by atoms with Crippen molar-refractivity contribution in [3.8, 4) is 0 Å². The number of hydrogen-bond donors (Lipinski definition) is 1. The van der Waals surface area contributed by atoms with Gasteiger partial charge in [0.15, 0.2) is 0 Å². The standard InChI is InChI=1S/C12H23N/c1-9(13)11-8-4-6-10-5-2-3-7-12(10)11/h9-12H,2-8,13H2,1H3/t9-,10?,11?,12?/m0/s1. The van der Waals surface area contributed by atoms with E-state index in [9.17, 15) is 0 Å². The number of nitrogens with two attached hydrogens (primary N) is 1. The Morgan fingerprint density at radius 2 is 1.69 bits per heavy atom. The fourth-order valence-corrected chi connectivity index (χ4v) is 3.64. The highest BCUT2D eigenvalue weighted by molar-refractivity contribution is 4.88. The van der Waals surface area contributed by atoms with Crippen molar-refractivity contribution in [1.29, 1.82) is 0 Å². The average Bonchev–Trinajstić information content (AvgIpc) is 2.17. The smallest absolute Gasteiger partial charge is 0.00415 e. The summed E-state index contributed by atoms with van der Waals surface area (Å²) in [5, 5.41) is 0. The second kappa shape index (κ2) is 4.00. The summed E-state index contributed by atoms with van der Waals surface area (Å²) in [5.74, 6) is 2.88. The summed E-state index contributed by atoms with van der Waals surface area (Å²) >= 11 is 0. The van der Waals surface area contributed by atoms with Gasteiger partial charge in [-0.2, -0.15) is 0 Å². The molecule has 0 amide bonds. The predicted octanol–water partition coefficient (Wildman–Crippen LogP) is 2.94. The summed E-state index contributed by atoms with van der Waals surface area (Å²) in [6.07, 6.45) is 10.2. The van der Waals surface area contributed by atoms with Gasteiger partial charge in [0, 0.05) is 6.04 Å². The first kappa shape index (κ1) is 9.51. The molecular formula is C12H23N. The maximum absolute atomic E-state index is 6.07. The van der Waals surface area contributed by atoms with E-state index in [0.29, 0.717) is 6.04 Å². The minimum absolute atomic E-state index is 0.436. The van der Waals surface area contributed by atoms with Crippen molar-refractivity contribution in [2.75, 3.05) is 0 Å². The third-order valence-electron chi connectivity index (χ3n) is 4.31. The lowest BCUT2D eigenvalue weighted by Crippen LogP contribution is -2.40. The number of rotatable bonds is 1. The molecule has 0 aromatic rings. The van der Waals surface area contributed by atoms with E-state index in [0.717, 1.165) is 17.8 Å². The molecule has 2 fully saturated rings. The van der Waals surface area contributed by atoms with E-state index in [-0.39, 0.29) is 0 Å². The van der Waals surface area contributed by atoms with Crippen LogP contribution in [0.1, 0.15) is 51.9 Å². The lowest BCUT2D eigenvalue weighted by Gasteiger charge is -2.43. The lowest BCUT2D eigenvalue weighted by molar-refractivity contribution is 0.0905. The quantitative estimate of drug-likeness (QED) is 0.661. The van der Waals surface area contributed by atoms with Crippen LogP contribution in [-0.4, -0.2) is 6.04 Å². The van der Waals surface area contributed by atoms with Gasteiger partial charge in [-0.15, -0.1) is 0 Å². The molecule has 0 aliphatic heterocycles. The predicted molar refractivity (Wildman–Crippen MR) is 56.4 cm³/mol. The fraction of sp³-hybridized carbons (Fsp3) is 1.00. The van der Waals surface area contributed by atoms with Crippen LogP contribution in [0.3, 0.4) is 0 Å². The zero-order valence-corrected chi connectivity index (χ0v) is 8.84. The van der Waals surface area contributed by atoms with Crippen LogP contribution in [0.4, 0.5) is 0 Å². The lowest BCUT2D eigenvalue weighted by atomic mass is 9.64. The highest BCUT2D eigenvalue weighted by atomic mass is 14.6. The molecule has 0 bridgehead atoms. The number of fused-ring (bicyclic) bond motifs is 1. The van der Waals surface area contributed by atoms with Crippen molar-refractivity contribution in [3.63, 3.8) is 0 Å². The molecular weight excluding hydrogens is 158 g/mol. The molecule has 2 rings (SSSR count). The Bertz CT molecular complexity index is 163. The summed E-state index contributed by atoms with van der Waals surface area (Å²) < 4.78 is 0. The minimum Gasteiger partial charge on any atom is -0.328 e. The van der Waals surface area contributed by atoms with E-state index in [4.69, 9.17) is 5.73 Å². The van der Waals surface area contributed by atoms with Gasteiger partial charge in [0.05, 0.1) is 0 Å². The molecule has 0 heterocycles. The summed E-state index contributed by atoms with van der Waals surface area (Å²) in [7, 11) is 0. The van der Waals surface area contributed by atoms with Crippen LogP contribution < -0.4 is 5.73 Å². The van der Waals surface area contributed by atoms with Crippen LogP contribution in [0.2, 0.25) is 0 Å². The van der Waals surface area contributed by atoms with Crippen LogP contribution in [0.25, 0.3) is 0 Å². The Kier molecular flexibility index (Phi) is 2.92. The topological polar surface area (TPSA) is 26.0 Å². The second-order valence-electron chi connectivity index (χ2n) is 5.16. The monoisotopic (exact) mass is 181 g/mol. The molecule has 0 saturated heterocycles. The van der Waals surface area contributed by atoms with E-state index >= 15 is 0 Å². The molecule has 2 aliphatic carbocycles. The van der Waals surface area contributed by atoms with E-state index in [2.05, 4.69) is 6.92 Å². The second-order valence-corrected chi connectivity index (χ2v) is 5.16. The molecule has 76 valence electrons. The first-order chi connectivity index (χ1) is 6.29. The van der Waals surface area contributed by atoms with E-state index < -0.39 is 0 Å². The van der Waals surface area contributed by atoms with Crippen LogP contribution in [0.5, 0.6) is 0 Å². The molecule has 1 heteroatoms. The van der Waals surface area contributed by atoms with Crippen molar-refractivity contribution in [2.45, 2.75) is 57.9 Å². The third kappa shape index (κ3) is 1.90. The van der Waals surface area contributed by atoms with Crippen LogP contribution in [0, 0.1) is 17.8 Å². The highest BCUT2D eigenvalue weighted by Crippen LogP contribution is 2.44. The van der Waals surface area contributed by atoms with Gasteiger partial charge in [-0.05, 0) is 37.5 Å². The van der Waals surface area contributed by atoms with Crippen LogP contribution in [-0.2, 0) is 0 Å². The van der Waals surface area contributed by atoms with Crippen LogP contribution >= 0.6 is 0 Å². The van der Waals surface area contributed by atoms with Gasteiger partial charge in [0.1, 0.15) is 0 Å². The Hall–Kier alpha value is -0.0400. The molecule has 1 nitrogen and oxygen atoms in total. The summed E-state index contributed by atoms with van der Waals surface area (Å²) in [6, 6.07) is 0.436. The Morgan fingerprint density at radius 1 is 1.00 bits per heavy atom. The normalized spacial score (nSPS) is 42.5. The Labute approximate surface area is 82.1 Å². The highest BCUT2D eigenvalue weighted by Gasteiger charge is 2.36. The van der Waals surface area contributed by atoms with Gasteiger partial charge >= 0.3 is 0 Å². The molecule has 2 saturated carbocycles. The van der Waals surface area contributed by atoms with Crippen molar-refractivity contribution in [3.05, 3.63) is 0 Å². The molecule has 3 unspecified atom stereocenters. The zero-order chi connectivity index (χ0) is 9.26. The van der Waals surface area contributed by atoms with Crippen molar-refractivity contribution in [1.82, 2.24) is 0 Å². The molecule has 0 spiro atoms. The first-order valence-electron chi connectivity index (χ1n) is 6.04. The Morgan fingerprint density at radius 3 is 2.46 bits per heavy atom. The molecule has 2 N–H and O–H groups in total. The van der Waals surface area contributed by atoms with Crippen molar-refractivity contribution in [2.24, 2.45) is 23.5 Å². The Balaban J connectivity index is 2.02. The van der Waals surface area contributed by atoms with Gasteiger partial charge < -0.3 is 5.73 Å². The fourth-order valence-electron chi connectivity index (χ4n) is 3.64. The molecule has 13 heavy (non-hydrogen) atoms. The summed E-state index contributed by atoms with van der Waals surface area (Å²) in [4.78, 5) is 0. The van der Waals surface area contributed by atoms with Crippen molar-refractivity contribution >= 4 is 0 Å². The van der Waals surface area contributed by atoms with E-state index in [1.165, 1.54) is 44.9 Å². The molecule has 0 aromatic carbocycles. The maximum Gasteiger partial charge on any atom is 0.00415 e. The first-order valence-corrected chi connectivity index (χ1v) is 6.04. The van der Waals surface area contributed by atoms with Gasteiger partial charge in [-0.3, -0.25) is 0 Å². The zero-order valence-electron chi connectivity index (χ0n) is 8.84. The van der Waals surface area contributed by atoms with Crippen molar-refractivity contribution < 1.29 is 0 Å². The minimum atomic E-state index is 0.436. The third-order valence-corrected chi connectivity index (χ3v) is 4.31. The SMILES string of the molecule is C[C@H](N)C1CCCC2CCCCC21. The molecule has 4 atom stereocenters. The van der Waals surface area contributed by atoms with Gasteiger partial charge in [0.2, 0.25) is 0 Å². The van der Waals surface area contributed by atoms with E-state index in [1.54, 1.807) is 0 Å². The largest absolute Gasteiger partial charge is 0.328 e. The van der Waals surface area contributed by atoms with Gasteiger partial charge in [0.25, 0.3) is 0 Å². The molecule has 0 radical (unpaired) electrons. The molecule has 0 aromatic heterocycles. The van der Waals surface area contributed by atoms with E-state index in [1.807, 2.05) is 0 Å². The molecule has 2 aliphatic rings. The van der Waals surface area contributed by atoms with Gasteiger partial charge in [-0.1, -0.05) is 32.1 Å². The number of hydrogen-bond acceptors (Lipinski definition) is 1. The summed E-state index contributed by atoms with van der Waals surface area (Å²) in [6.45, 7) is 2.21.